The Morgan fingerprint density at radius 1 is 1.31 bits per heavy atom. The van der Waals surface area contributed by atoms with Gasteiger partial charge in [0.15, 0.2) is 6.29 Å². The summed E-state index contributed by atoms with van der Waals surface area (Å²) in [7, 11) is 0. The third kappa shape index (κ3) is 2.02. The van der Waals surface area contributed by atoms with Crippen LogP contribution in [-0.4, -0.2) is 18.6 Å². The lowest BCUT2D eigenvalue weighted by Crippen LogP contribution is -2.10. The van der Waals surface area contributed by atoms with E-state index >= 15 is 0 Å². The highest BCUT2D eigenvalue weighted by molar-refractivity contribution is 6.18. The highest BCUT2D eigenvalue weighted by Crippen LogP contribution is 2.26. The molecule has 0 aromatic heterocycles. The minimum absolute atomic E-state index is 0.0341. The van der Waals surface area contributed by atoms with Crippen molar-refractivity contribution in [3.05, 3.63) is 35.9 Å². The maximum absolute atomic E-state index is 5.66. The summed E-state index contributed by atoms with van der Waals surface area (Å²) in [6.45, 7) is 0.586. The molecule has 1 aromatic carbocycles. The Kier molecular flexibility index (Phi) is 2.83. The monoisotopic (exact) mass is 198 g/mol. The number of alkyl halides is 1. The van der Waals surface area contributed by atoms with Crippen molar-refractivity contribution in [2.24, 2.45) is 0 Å². The zero-order valence-corrected chi connectivity index (χ0v) is 7.91. The lowest BCUT2D eigenvalue weighted by Gasteiger charge is -2.09. The molecule has 0 unspecified atom stereocenters. The Labute approximate surface area is 82.4 Å². The van der Waals surface area contributed by atoms with Gasteiger partial charge in [0.05, 0.1) is 18.6 Å². The van der Waals surface area contributed by atoms with Gasteiger partial charge in [0.2, 0.25) is 0 Å². The van der Waals surface area contributed by atoms with Gasteiger partial charge in [-0.15, -0.1) is 11.6 Å². The van der Waals surface area contributed by atoms with Crippen LogP contribution in [0, 0.1) is 0 Å². The quantitative estimate of drug-likeness (QED) is 0.680. The first-order chi connectivity index (χ1) is 6.40. The molecule has 2 nitrogen and oxygen atoms in total. The van der Waals surface area contributed by atoms with E-state index in [-0.39, 0.29) is 12.4 Å². The Bertz CT molecular complexity index is 263. The Balaban J connectivity index is 2.04. The summed E-state index contributed by atoms with van der Waals surface area (Å²) in [5.74, 6) is 0.489. The number of hydrogen-bond donors (Lipinski definition) is 0. The van der Waals surface area contributed by atoms with E-state index in [0.717, 1.165) is 5.56 Å². The van der Waals surface area contributed by atoms with E-state index in [1.165, 1.54) is 0 Å². The van der Waals surface area contributed by atoms with Gasteiger partial charge in [-0.2, -0.15) is 0 Å². The molecule has 0 amide bonds. The first-order valence-electron chi connectivity index (χ1n) is 4.28. The van der Waals surface area contributed by atoms with Crippen molar-refractivity contribution in [1.29, 1.82) is 0 Å². The van der Waals surface area contributed by atoms with Crippen LogP contribution in [0.2, 0.25) is 0 Å². The average molecular weight is 199 g/mol. The maximum Gasteiger partial charge on any atom is 0.184 e. The first kappa shape index (κ1) is 9.00. The molecular formula is C10H11ClO2. The summed E-state index contributed by atoms with van der Waals surface area (Å²) in [6, 6.07) is 9.88. The lowest BCUT2D eigenvalue weighted by molar-refractivity contribution is -0.0567. The normalized spacial score (nSPS) is 27.8. The molecule has 1 aromatic rings. The number of halogens is 1. The molecule has 1 aliphatic heterocycles. The zero-order valence-electron chi connectivity index (χ0n) is 7.15. The number of ether oxygens (including phenoxy) is 2. The standard InChI is InChI=1S/C10H11ClO2/c11-6-9-7-12-10(13-9)8-4-2-1-3-5-8/h1-5,9-10H,6-7H2/t9-,10+/m0/s1. The summed E-state index contributed by atoms with van der Waals surface area (Å²) in [5.41, 5.74) is 1.05. The molecule has 0 spiro atoms. The fraction of sp³-hybridized carbons (Fsp3) is 0.400. The molecule has 1 fully saturated rings. The average Bonchev–Trinajstić information content (AvgIpc) is 2.67. The van der Waals surface area contributed by atoms with E-state index in [2.05, 4.69) is 0 Å². The number of benzene rings is 1. The minimum Gasteiger partial charge on any atom is -0.346 e. The van der Waals surface area contributed by atoms with Gasteiger partial charge in [-0.05, 0) is 0 Å². The van der Waals surface area contributed by atoms with Crippen LogP contribution in [0.1, 0.15) is 11.9 Å². The molecular weight excluding hydrogens is 188 g/mol. The van der Waals surface area contributed by atoms with E-state index in [1.54, 1.807) is 0 Å². The molecule has 3 heteroatoms. The summed E-state index contributed by atoms with van der Waals surface area (Å²) in [4.78, 5) is 0. The third-order valence-electron chi connectivity index (χ3n) is 1.99. The second-order valence-electron chi connectivity index (χ2n) is 2.99. The fourth-order valence-electron chi connectivity index (χ4n) is 1.31. The van der Waals surface area contributed by atoms with E-state index in [4.69, 9.17) is 21.1 Å². The van der Waals surface area contributed by atoms with Crippen LogP contribution in [0.4, 0.5) is 0 Å². The second-order valence-corrected chi connectivity index (χ2v) is 3.30. The molecule has 13 heavy (non-hydrogen) atoms. The van der Waals surface area contributed by atoms with Gasteiger partial charge in [-0.25, -0.2) is 0 Å². The van der Waals surface area contributed by atoms with Crippen LogP contribution < -0.4 is 0 Å². The van der Waals surface area contributed by atoms with Crippen molar-refractivity contribution in [2.45, 2.75) is 12.4 Å². The molecule has 2 rings (SSSR count). The van der Waals surface area contributed by atoms with Crippen LogP contribution in [0.15, 0.2) is 30.3 Å². The van der Waals surface area contributed by atoms with E-state index in [0.29, 0.717) is 12.5 Å². The van der Waals surface area contributed by atoms with Crippen molar-refractivity contribution in [2.75, 3.05) is 12.5 Å². The van der Waals surface area contributed by atoms with Crippen molar-refractivity contribution < 1.29 is 9.47 Å². The van der Waals surface area contributed by atoms with Gasteiger partial charge in [0.25, 0.3) is 0 Å². The van der Waals surface area contributed by atoms with Gasteiger partial charge in [-0.1, -0.05) is 30.3 Å². The SMILES string of the molecule is ClC[C@H]1CO[C@@H](c2ccccc2)O1. The lowest BCUT2D eigenvalue weighted by atomic mass is 10.2. The van der Waals surface area contributed by atoms with Gasteiger partial charge >= 0.3 is 0 Å². The predicted molar refractivity (Wildman–Crippen MR) is 50.7 cm³/mol. The largest absolute Gasteiger partial charge is 0.346 e. The molecule has 1 saturated heterocycles. The molecule has 0 N–H and O–H groups in total. The molecule has 0 bridgehead atoms. The number of hydrogen-bond acceptors (Lipinski definition) is 2. The van der Waals surface area contributed by atoms with Crippen LogP contribution in [0.3, 0.4) is 0 Å². The zero-order chi connectivity index (χ0) is 9.10. The van der Waals surface area contributed by atoms with E-state index in [1.807, 2.05) is 30.3 Å². The van der Waals surface area contributed by atoms with Gasteiger partial charge in [-0.3, -0.25) is 0 Å². The topological polar surface area (TPSA) is 18.5 Å². The summed E-state index contributed by atoms with van der Waals surface area (Å²) in [5, 5.41) is 0. The maximum atomic E-state index is 5.66. The molecule has 0 aliphatic carbocycles. The van der Waals surface area contributed by atoms with Gasteiger partial charge in [0.1, 0.15) is 0 Å². The second kappa shape index (κ2) is 4.09. The highest BCUT2D eigenvalue weighted by atomic mass is 35.5. The van der Waals surface area contributed by atoms with Crippen molar-refractivity contribution >= 4 is 11.6 Å². The fourth-order valence-corrected chi connectivity index (χ4v) is 1.48. The van der Waals surface area contributed by atoms with Crippen molar-refractivity contribution in [1.82, 2.24) is 0 Å². The molecule has 70 valence electrons. The highest BCUT2D eigenvalue weighted by Gasteiger charge is 2.26. The van der Waals surface area contributed by atoms with Crippen LogP contribution in [0.5, 0.6) is 0 Å². The van der Waals surface area contributed by atoms with Gasteiger partial charge < -0.3 is 9.47 Å². The van der Waals surface area contributed by atoms with Crippen molar-refractivity contribution in [3.8, 4) is 0 Å². The minimum atomic E-state index is -0.232. The molecule has 0 saturated carbocycles. The Morgan fingerprint density at radius 2 is 2.08 bits per heavy atom. The van der Waals surface area contributed by atoms with Crippen LogP contribution in [0.25, 0.3) is 0 Å². The molecule has 0 radical (unpaired) electrons. The summed E-state index contributed by atoms with van der Waals surface area (Å²) >= 11 is 5.66. The van der Waals surface area contributed by atoms with Crippen LogP contribution >= 0.6 is 11.6 Å². The van der Waals surface area contributed by atoms with E-state index < -0.39 is 0 Å². The molecule has 1 heterocycles. The predicted octanol–water partition coefficient (Wildman–Crippen LogP) is 2.34. The third-order valence-corrected chi connectivity index (χ3v) is 2.34. The van der Waals surface area contributed by atoms with Crippen LogP contribution in [-0.2, 0) is 9.47 Å². The number of rotatable bonds is 2. The smallest absolute Gasteiger partial charge is 0.184 e. The summed E-state index contributed by atoms with van der Waals surface area (Å²) in [6.07, 6.45) is -0.197. The summed E-state index contributed by atoms with van der Waals surface area (Å²) < 4.78 is 11.0. The first-order valence-corrected chi connectivity index (χ1v) is 4.81. The van der Waals surface area contributed by atoms with Crippen molar-refractivity contribution in [3.63, 3.8) is 0 Å². The van der Waals surface area contributed by atoms with E-state index in [9.17, 15) is 0 Å². The molecule has 2 atom stereocenters. The van der Waals surface area contributed by atoms with Gasteiger partial charge in [0, 0.05) is 5.56 Å². The Hall–Kier alpha value is -0.570. The Morgan fingerprint density at radius 3 is 2.69 bits per heavy atom. The molecule has 1 aliphatic rings.